The van der Waals surface area contributed by atoms with Crippen molar-refractivity contribution < 1.29 is 4.79 Å². The highest BCUT2D eigenvalue weighted by atomic mass is 35.5. The number of aryl methyl sites for hydroxylation is 1. The average Bonchev–Trinajstić information content (AvgIpc) is 2.99. The number of carbonyl (C=O) groups excluding carboxylic acids is 1. The third-order valence-electron chi connectivity index (χ3n) is 4.21. The van der Waals surface area contributed by atoms with E-state index in [-0.39, 0.29) is 36.6 Å². The maximum absolute atomic E-state index is 11.8. The predicted molar refractivity (Wildman–Crippen MR) is 102 cm³/mol. The number of benzene rings is 1. The molecule has 0 saturated carbocycles. The number of halogens is 2. The SMILES string of the molecule is CC(CN)C(=O)Nc1ccc(-c2ncc3n2CCCC3)cc1.Cl.Cl. The van der Waals surface area contributed by atoms with Gasteiger partial charge in [0.2, 0.25) is 5.91 Å². The van der Waals surface area contributed by atoms with Crippen molar-refractivity contribution in [2.45, 2.75) is 32.7 Å². The average molecular weight is 371 g/mol. The van der Waals surface area contributed by atoms with Gasteiger partial charge in [0.1, 0.15) is 5.82 Å². The van der Waals surface area contributed by atoms with Crippen LogP contribution in [0.15, 0.2) is 30.5 Å². The highest BCUT2D eigenvalue weighted by Gasteiger charge is 2.15. The highest BCUT2D eigenvalue weighted by Crippen LogP contribution is 2.25. The second-order valence-electron chi connectivity index (χ2n) is 5.89. The molecule has 2 heterocycles. The number of imidazole rings is 1. The lowest BCUT2D eigenvalue weighted by Gasteiger charge is -2.16. The molecule has 1 aliphatic rings. The van der Waals surface area contributed by atoms with Crippen LogP contribution in [0, 0.1) is 5.92 Å². The minimum atomic E-state index is -0.181. The summed E-state index contributed by atoms with van der Waals surface area (Å²) in [6.07, 6.45) is 5.54. The molecule has 24 heavy (non-hydrogen) atoms. The number of aromatic nitrogens is 2. The molecule has 3 N–H and O–H groups in total. The van der Waals surface area contributed by atoms with Crippen molar-refractivity contribution in [1.82, 2.24) is 9.55 Å². The molecule has 1 aromatic carbocycles. The van der Waals surface area contributed by atoms with E-state index < -0.39 is 0 Å². The summed E-state index contributed by atoms with van der Waals surface area (Å²) < 4.78 is 2.30. The van der Waals surface area contributed by atoms with Gasteiger partial charge >= 0.3 is 0 Å². The van der Waals surface area contributed by atoms with Crippen molar-refractivity contribution >= 4 is 36.4 Å². The predicted octanol–water partition coefficient (Wildman–Crippen LogP) is 3.26. The number of hydrogen-bond donors (Lipinski definition) is 2. The van der Waals surface area contributed by atoms with E-state index in [9.17, 15) is 4.79 Å². The van der Waals surface area contributed by atoms with Gasteiger partial charge in [-0.15, -0.1) is 24.8 Å². The number of nitrogens with one attached hydrogen (secondary N) is 1. The van der Waals surface area contributed by atoms with E-state index in [2.05, 4.69) is 14.9 Å². The zero-order valence-electron chi connectivity index (χ0n) is 13.7. The Morgan fingerprint density at radius 1 is 1.29 bits per heavy atom. The van der Waals surface area contributed by atoms with E-state index in [0.717, 1.165) is 30.0 Å². The molecule has 0 aliphatic carbocycles. The molecule has 1 atom stereocenters. The molecule has 0 radical (unpaired) electrons. The minimum absolute atomic E-state index is 0. The molecule has 132 valence electrons. The van der Waals surface area contributed by atoms with Crippen LogP contribution in [-0.2, 0) is 17.8 Å². The summed E-state index contributed by atoms with van der Waals surface area (Å²) in [5.41, 5.74) is 8.70. The molecule has 7 heteroatoms. The molecular weight excluding hydrogens is 347 g/mol. The highest BCUT2D eigenvalue weighted by molar-refractivity contribution is 5.92. The zero-order chi connectivity index (χ0) is 15.5. The third kappa shape index (κ3) is 4.29. The fourth-order valence-corrected chi connectivity index (χ4v) is 2.74. The number of nitrogens with zero attached hydrogens (tertiary/aromatic N) is 2. The zero-order valence-corrected chi connectivity index (χ0v) is 15.3. The van der Waals surface area contributed by atoms with Gasteiger partial charge < -0.3 is 15.6 Å². The van der Waals surface area contributed by atoms with Gasteiger partial charge in [-0.2, -0.15) is 0 Å². The number of hydrogen-bond acceptors (Lipinski definition) is 3. The number of nitrogens with two attached hydrogens (primary N) is 1. The Labute approximate surface area is 154 Å². The number of amides is 1. The van der Waals surface area contributed by atoms with Crippen molar-refractivity contribution in [1.29, 1.82) is 0 Å². The summed E-state index contributed by atoms with van der Waals surface area (Å²) in [7, 11) is 0. The van der Waals surface area contributed by atoms with Crippen LogP contribution in [0.5, 0.6) is 0 Å². The van der Waals surface area contributed by atoms with Gasteiger partial charge in [-0.25, -0.2) is 4.98 Å². The minimum Gasteiger partial charge on any atom is -0.330 e. The first kappa shape index (κ1) is 20.5. The molecule has 0 saturated heterocycles. The summed E-state index contributed by atoms with van der Waals surface area (Å²) in [6, 6.07) is 7.85. The van der Waals surface area contributed by atoms with Gasteiger partial charge in [0.25, 0.3) is 0 Å². The molecule has 0 fully saturated rings. The van der Waals surface area contributed by atoms with Crippen molar-refractivity contribution in [3.05, 3.63) is 36.2 Å². The van der Waals surface area contributed by atoms with Crippen LogP contribution in [0.25, 0.3) is 11.4 Å². The Hall–Kier alpha value is -1.56. The summed E-state index contributed by atoms with van der Waals surface area (Å²) in [5, 5.41) is 2.88. The van der Waals surface area contributed by atoms with E-state index in [1.54, 1.807) is 0 Å². The molecule has 1 unspecified atom stereocenters. The number of rotatable bonds is 4. The quantitative estimate of drug-likeness (QED) is 0.867. The molecule has 1 aliphatic heterocycles. The van der Waals surface area contributed by atoms with Gasteiger partial charge in [-0.05, 0) is 43.5 Å². The molecular formula is C17H24Cl2N4O. The van der Waals surface area contributed by atoms with Gasteiger partial charge in [0.15, 0.2) is 0 Å². The molecule has 2 aromatic rings. The Bertz CT molecular complexity index is 670. The smallest absolute Gasteiger partial charge is 0.228 e. The van der Waals surface area contributed by atoms with Crippen molar-refractivity contribution in [3.63, 3.8) is 0 Å². The van der Waals surface area contributed by atoms with E-state index >= 15 is 0 Å². The number of anilines is 1. The van der Waals surface area contributed by atoms with E-state index in [1.165, 1.54) is 18.5 Å². The van der Waals surface area contributed by atoms with Crippen LogP contribution >= 0.6 is 24.8 Å². The first-order valence-electron chi connectivity index (χ1n) is 7.85. The topological polar surface area (TPSA) is 72.9 Å². The van der Waals surface area contributed by atoms with E-state index in [4.69, 9.17) is 5.73 Å². The van der Waals surface area contributed by atoms with Gasteiger partial charge in [-0.1, -0.05) is 6.92 Å². The summed E-state index contributed by atoms with van der Waals surface area (Å²) in [5.74, 6) is 0.787. The standard InChI is InChI=1S/C17H22N4O.2ClH/c1-12(10-18)17(22)20-14-7-5-13(6-8-14)16-19-11-15-4-2-3-9-21(15)16;;/h5-8,11-12H,2-4,9-10,18H2,1H3,(H,20,22);2*1H. The van der Waals surface area contributed by atoms with Gasteiger partial charge in [-0.3, -0.25) is 4.79 Å². The van der Waals surface area contributed by atoms with Gasteiger partial charge in [0.05, 0.1) is 0 Å². The lowest BCUT2D eigenvalue weighted by molar-refractivity contribution is -0.119. The van der Waals surface area contributed by atoms with Crippen LogP contribution < -0.4 is 11.1 Å². The number of carbonyl (C=O) groups is 1. The first-order valence-corrected chi connectivity index (χ1v) is 7.85. The van der Waals surface area contributed by atoms with E-state index in [0.29, 0.717) is 6.54 Å². The monoisotopic (exact) mass is 370 g/mol. The Morgan fingerprint density at radius 3 is 2.67 bits per heavy atom. The summed E-state index contributed by atoms with van der Waals surface area (Å²) >= 11 is 0. The van der Waals surface area contributed by atoms with E-state index in [1.807, 2.05) is 37.4 Å². The lowest BCUT2D eigenvalue weighted by Crippen LogP contribution is -2.26. The Balaban J connectivity index is 0.00000144. The maximum atomic E-state index is 11.8. The fourth-order valence-electron chi connectivity index (χ4n) is 2.74. The molecule has 1 amide bonds. The molecule has 3 rings (SSSR count). The van der Waals surface area contributed by atoms with Crippen molar-refractivity contribution in [2.24, 2.45) is 11.7 Å². The second kappa shape index (κ2) is 9.06. The molecule has 0 spiro atoms. The maximum Gasteiger partial charge on any atom is 0.228 e. The second-order valence-corrected chi connectivity index (χ2v) is 5.89. The lowest BCUT2D eigenvalue weighted by atomic mass is 10.1. The third-order valence-corrected chi connectivity index (χ3v) is 4.21. The van der Waals surface area contributed by atoms with Crippen LogP contribution in [-0.4, -0.2) is 22.0 Å². The van der Waals surface area contributed by atoms with Crippen molar-refractivity contribution in [3.8, 4) is 11.4 Å². The normalized spacial score (nSPS) is 13.9. The Morgan fingerprint density at radius 2 is 2.00 bits per heavy atom. The van der Waals surface area contributed by atoms with Crippen LogP contribution in [0.1, 0.15) is 25.5 Å². The molecule has 1 aromatic heterocycles. The van der Waals surface area contributed by atoms with Gasteiger partial charge in [0, 0.05) is 42.1 Å². The van der Waals surface area contributed by atoms with Crippen molar-refractivity contribution in [2.75, 3.05) is 11.9 Å². The molecule has 0 bridgehead atoms. The summed E-state index contributed by atoms with van der Waals surface area (Å²) in [6.45, 7) is 3.21. The van der Waals surface area contributed by atoms with Crippen LogP contribution in [0.3, 0.4) is 0 Å². The van der Waals surface area contributed by atoms with Crippen LogP contribution in [0.2, 0.25) is 0 Å². The van der Waals surface area contributed by atoms with Crippen LogP contribution in [0.4, 0.5) is 5.69 Å². The fraction of sp³-hybridized carbons (Fsp3) is 0.412. The molecule has 5 nitrogen and oxygen atoms in total. The number of fused-ring (bicyclic) bond motifs is 1. The first-order chi connectivity index (χ1) is 10.7. The summed E-state index contributed by atoms with van der Waals surface area (Å²) in [4.78, 5) is 16.4. The largest absolute Gasteiger partial charge is 0.330 e. The Kier molecular flexibility index (Phi) is 7.73.